The van der Waals surface area contributed by atoms with Crippen LogP contribution in [0.15, 0.2) is 71.6 Å². The SMILES string of the molecule is Cc1ccc(S(=O)(=O)N2CCN(c3c(Cl)cccc3NC(=O)COc3ccc(C(C)(C)C)cc3)CC2)cc1. The van der Waals surface area contributed by atoms with Crippen molar-refractivity contribution in [3.8, 4) is 5.75 Å². The summed E-state index contributed by atoms with van der Waals surface area (Å²) in [5, 5.41) is 3.39. The molecule has 1 N–H and O–H groups in total. The lowest BCUT2D eigenvalue weighted by molar-refractivity contribution is -0.118. The molecule has 38 heavy (non-hydrogen) atoms. The molecule has 0 spiro atoms. The zero-order valence-corrected chi connectivity index (χ0v) is 23.8. The van der Waals surface area contributed by atoms with Gasteiger partial charge in [-0.3, -0.25) is 4.79 Å². The number of nitrogens with zero attached hydrogens (tertiary/aromatic N) is 2. The largest absolute Gasteiger partial charge is 0.484 e. The first kappa shape index (κ1) is 28.0. The smallest absolute Gasteiger partial charge is 0.262 e. The number of piperazine rings is 1. The van der Waals surface area contributed by atoms with Crippen LogP contribution < -0.4 is 15.0 Å². The van der Waals surface area contributed by atoms with Gasteiger partial charge >= 0.3 is 0 Å². The van der Waals surface area contributed by atoms with E-state index in [-0.39, 0.29) is 22.8 Å². The van der Waals surface area contributed by atoms with Gasteiger partial charge in [-0.1, -0.05) is 68.3 Å². The van der Waals surface area contributed by atoms with Crippen LogP contribution in [0, 0.1) is 6.92 Å². The minimum atomic E-state index is -3.58. The Labute approximate surface area is 230 Å². The van der Waals surface area contributed by atoms with Crippen molar-refractivity contribution in [1.29, 1.82) is 0 Å². The zero-order chi connectivity index (χ0) is 27.5. The van der Waals surface area contributed by atoms with E-state index in [9.17, 15) is 13.2 Å². The number of amides is 1. The third-order valence-electron chi connectivity index (χ3n) is 6.56. The van der Waals surface area contributed by atoms with Gasteiger partial charge in [-0.25, -0.2) is 8.42 Å². The summed E-state index contributed by atoms with van der Waals surface area (Å²) in [6.07, 6.45) is 0. The van der Waals surface area contributed by atoms with Gasteiger partial charge in [0.15, 0.2) is 6.61 Å². The Hall–Kier alpha value is -3.07. The number of ether oxygens (including phenoxy) is 1. The number of nitrogens with one attached hydrogen (secondary N) is 1. The molecule has 1 heterocycles. The first-order chi connectivity index (χ1) is 17.9. The van der Waals surface area contributed by atoms with Gasteiger partial charge in [0.1, 0.15) is 5.75 Å². The first-order valence-corrected chi connectivity index (χ1v) is 14.4. The monoisotopic (exact) mass is 555 g/mol. The van der Waals surface area contributed by atoms with Crippen LogP contribution in [0.5, 0.6) is 5.75 Å². The highest BCUT2D eigenvalue weighted by molar-refractivity contribution is 7.89. The number of carbonyl (C=O) groups excluding carboxylic acids is 1. The van der Waals surface area contributed by atoms with Crippen LogP contribution in [-0.2, 0) is 20.2 Å². The number of para-hydroxylation sites is 1. The van der Waals surface area contributed by atoms with E-state index >= 15 is 0 Å². The second kappa shape index (κ2) is 11.4. The minimum absolute atomic E-state index is 0.0369. The van der Waals surface area contributed by atoms with Crippen molar-refractivity contribution < 1.29 is 17.9 Å². The molecule has 7 nitrogen and oxygen atoms in total. The van der Waals surface area contributed by atoms with Crippen molar-refractivity contribution in [2.75, 3.05) is 43.0 Å². The second-order valence-corrected chi connectivity index (χ2v) is 12.8. The Morgan fingerprint density at radius 2 is 1.58 bits per heavy atom. The summed E-state index contributed by atoms with van der Waals surface area (Å²) in [4.78, 5) is 15.0. The summed E-state index contributed by atoms with van der Waals surface area (Å²) < 4.78 is 33.4. The molecule has 0 aliphatic carbocycles. The third kappa shape index (κ3) is 6.49. The van der Waals surface area contributed by atoms with E-state index < -0.39 is 10.0 Å². The van der Waals surface area contributed by atoms with E-state index in [1.807, 2.05) is 36.1 Å². The van der Waals surface area contributed by atoms with E-state index in [0.717, 1.165) is 5.56 Å². The summed E-state index contributed by atoms with van der Waals surface area (Å²) in [5.74, 6) is 0.305. The summed E-state index contributed by atoms with van der Waals surface area (Å²) in [6.45, 7) is 9.69. The Kier molecular flexibility index (Phi) is 8.35. The van der Waals surface area contributed by atoms with Gasteiger partial charge in [0.25, 0.3) is 5.91 Å². The molecule has 0 unspecified atom stereocenters. The van der Waals surface area contributed by atoms with Gasteiger partial charge in [-0.05, 0) is 54.3 Å². The molecule has 202 valence electrons. The van der Waals surface area contributed by atoms with Gasteiger partial charge in [-0.15, -0.1) is 0 Å². The maximum Gasteiger partial charge on any atom is 0.262 e. The molecule has 1 fully saturated rings. The Bertz CT molecular complexity index is 1380. The quantitative estimate of drug-likeness (QED) is 0.418. The van der Waals surface area contributed by atoms with Gasteiger partial charge in [0.2, 0.25) is 10.0 Å². The van der Waals surface area contributed by atoms with E-state index in [2.05, 4.69) is 26.1 Å². The number of carbonyl (C=O) groups is 1. The predicted octanol–water partition coefficient (Wildman–Crippen LogP) is 5.47. The Balaban J connectivity index is 1.39. The van der Waals surface area contributed by atoms with Crippen LogP contribution in [0.1, 0.15) is 31.9 Å². The van der Waals surface area contributed by atoms with Crippen LogP contribution >= 0.6 is 11.6 Å². The molecule has 1 amide bonds. The fourth-order valence-electron chi connectivity index (χ4n) is 4.34. The summed E-state index contributed by atoms with van der Waals surface area (Å²) in [7, 11) is -3.58. The van der Waals surface area contributed by atoms with Crippen LogP contribution in [0.25, 0.3) is 0 Å². The highest BCUT2D eigenvalue weighted by Crippen LogP contribution is 2.35. The van der Waals surface area contributed by atoms with Gasteiger partial charge in [0.05, 0.1) is 21.3 Å². The van der Waals surface area contributed by atoms with Crippen molar-refractivity contribution in [1.82, 2.24) is 4.31 Å². The van der Waals surface area contributed by atoms with Crippen LogP contribution in [-0.4, -0.2) is 51.4 Å². The highest BCUT2D eigenvalue weighted by atomic mass is 35.5. The van der Waals surface area contributed by atoms with Gasteiger partial charge in [0, 0.05) is 26.2 Å². The molecule has 0 bridgehead atoms. The fraction of sp³-hybridized carbons (Fsp3) is 0.345. The van der Waals surface area contributed by atoms with Crippen molar-refractivity contribution in [3.05, 3.63) is 82.9 Å². The lowest BCUT2D eigenvalue weighted by atomic mass is 9.87. The molecule has 4 rings (SSSR count). The molecule has 1 aliphatic rings. The number of halogens is 1. The molecule has 0 saturated carbocycles. The van der Waals surface area contributed by atoms with Crippen molar-refractivity contribution in [2.45, 2.75) is 38.0 Å². The predicted molar refractivity (Wildman–Crippen MR) is 153 cm³/mol. The fourth-order valence-corrected chi connectivity index (χ4v) is 6.05. The van der Waals surface area contributed by atoms with E-state index in [1.165, 1.54) is 9.87 Å². The van der Waals surface area contributed by atoms with Crippen molar-refractivity contribution >= 4 is 38.9 Å². The normalized spacial score (nSPS) is 14.8. The second-order valence-electron chi connectivity index (χ2n) is 10.5. The molecule has 0 aromatic heterocycles. The molecule has 0 radical (unpaired) electrons. The lowest BCUT2D eigenvalue weighted by Crippen LogP contribution is -2.49. The number of hydrogen-bond donors (Lipinski definition) is 1. The topological polar surface area (TPSA) is 79.0 Å². The molecular weight excluding hydrogens is 522 g/mol. The third-order valence-corrected chi connectivity index (χ3v) is 8.78. The number of rotatable bonds is 7. The summed E-state index contributed by atoms with van der Waals surface area (Å²) in [6, 6.07) is 19.9. The van der Waals surface area contributed by atoms with Crippen molar-refractivity contribution in [2.24, 2.45) is 0 Å². The first-order valence-electron chi connectivity index (χ1n) is 12.6. The van der Waals surface area contributed by atoms with Crippen molar-refractivity contribution in [3.63, 3.8) is 0 Å². The molecule has 0 atom stereocenters. The van der Waals surface area contributed by atoms with Gasteiger partial charge < -0.3 is 15.0 Å². The lowest BCUT2D eigenvalue weighted by Gasteiger charge is -2.36. The van der Waals surface area contributed by atoms with Crippen LogP contribution in [0.2, 0.25) is 5.02 Å². The van der Waals surface area contributed by atoms with E-state index in [1.54, 1.807) is 42.5 Å². The number of sulfonamides is 1. The molecule has 1 saturated heterocycles. The number of aryl methyl sites for hydroxylation is 1. The summed E-state index contributed by atoms with van der Waals surface area (Å²) >= 11 is 6.55. The molecule has 3 aromatic carbocycles. The highest BCUT2D eigenvalue weighted by Gasteiger charge is 2.30. The molecule has 9 heteroatoms. The molecule has 3 aromatic rings. The minimum Gasteiger partial charge on any atom is -0.484 e. The van der Waals surface area contributed by atoms with Crippen LogP contribution in [0.4, 0.5) is 11.4 Å². The summed E-state index contributed by atoms with van der Waals surface area (Å²) in [5.41, 5.74) is 3.46. The number of anilines is 2. The maximum absolute atomic E-state index is 13.1. The molecule has 1 aliphatic heterocycles. The average Bonchev–Trinajstić information content (AvgIpc) is 2.88. The average molecular weight is 556 g/mol. The van der Waals surface area contributed by atoms with Crippen LogP contribution in [0.3, 0.4) is 0 Å². The standard InChI is InChI=1S/C29H34ClN3O4S/c1-21-8-14-24(15-9-21)38(35,36)33-18-16-32(17-19-33)28-25(30)6-5-7-26(28)31-27(34)20-37-23-12-10-22(11-13-23)29(2,3)4/h5-15H,16-20H2,1-4H3,(H,31,34). The Morgan fingerprint density at radius 3 is 2.18 bits per heavy atom. The molecular formula is C29H34ClN3O4S. The maximum atomic E-state index is 13.1. The number of benzene rings is 3. The zero-order valence-electron chi connectivity index (χ0n) is 22.2. The van der Waals surface area contributed by atoms with E-state index in [0.29, 0.717) is 48.3 Å². The van der Waals surface area contributed by atoms with Gasteiger partial charge in [-0.2, -0.15) is 4.31 Å². The number of hydrogen-bond acceptors (Lipinski definition) is 5. The Morgan fingerprint density at radius 1 is 0.947 bits per heavy atom. The van der Waals surface area contributed by atoms with E-state index in [4.69, 9.17) is 16.3 Å².